The number of hydrogen-bond donors (Lipinski definition) is 1. The van der Waals surface area contributed by atoms with E-state index >= 15 is 0 Å². The highest BCUT2D eigenvalue weighted by Gasteiger charge is 2.15. The Labute approximate surface area is 126 Å². The topological polar surface area (TPSA) is 51.0 Å². The van der Waals surface area contributed by atoms with E-state index in [2.05, 4.69) is 46.6 Å². The standard InChI is InChI=1S/C17H23N3O/c1-13-4-2-5-15(10-13)11-16-19-17(21-20-16)8-7-14-6-3-9-18-12-14/h2,4-5,10,14,18H,3,6-9,11-12H2,1H3. The average molecular weight is 285 g/mol. The number of nitrogens with zero attached hydrogens (tertiary/aromatic N) is 2. The molecule has 1 saturated heterocycles. The van der Waals surface area contributed by atoms with Gasteiger partial charge in [0.15, 0.2) is 5.82 Å². The summed E-state index contributed by atoms with van der Waals surface area (Å²) >= 11 is 0. The van der Waals surface area contributed by atoms with E-state index in [9.17, 15) is 0 Å². The first-order valence-electron chi connectivity index (χ1n) is 7.87. The highest BCUT2D eigenvalue weighted by molar-refractivity contribution is 5.24. The number of aromatic nitrogens is 2. The molecule has 1 aromatic carbocycles. The zero-order chi connectivity index (χ0) is 14.5. The maximum Gasteiger partial charge on any atom is 0.226 e. The van der Waals surface area contributed by atoms with Gasteiger partial charge in [-0.25, -0.2) is 0 Å². The van der Waals surface area contributed by atoms with Crippen LogP contribution >= 0.6 is 0 Å². The Morgan fingerprint density at radius 2 is 2.33 bits per heavy atom. The molecule has 0 saturated carbocycles. The summed E-state index contributed by atoms with van der Waals surface area (Å²) in [4.78, 5) is 4.52. The number of benzene rings is 1. The van der Waals surface area contributed by atoms with Gasteiger partial charge in [-0.1, -0.05) is 35.0 Å². The minimum absolute atomic E-state index is 0.746. The molecule has 0 bridgehead atoms. The molecule has 21 heavy (non-hydrogen) atoms. The molecule has 0 radical (unpaired) electrons. The van der Waals surface area contributed by atoms with Crippen molar-refractivity contribution in [3.63, 3.8) is 0 Å². The van der Waals surface area contributed by atoms with Crippen molar-refractivity contribution in [3.05, 3.63) is 47.1 Å². The monoisotopic (exact) mass is 285 g/mol. The Morgan fingerprint density at radius 3 is 3.14 bits per heavy atom. The second kappa shape index (κ2) is 6.85. The van der Waals surface area contributed by atoms with Gasteiger partial charge in [0.2, 0.25) is 5.89 Å². The third-order valence-electron chi connectivity index (χ3n) is 4.12. The number of aryl methyl sites for hydroxylation is 2. The van der Waals surface area contributed by atoms with Gasteiger partial charge in [0.05, 0.1) is 0 Å². The van der Waals surface area contributed by atoms with Crippen molar-refractivity contribution >= 4 is 0 Å². The number of rotatable bonds is 5. The first-order chi connectivity index (χ1) is 10.3. The molecule has 1 N–H and O–H groups in total. The maximum absolute atomic E-state index is 5.38. The van der Waals surface area contributed by atoms with Crippen LogP contribution in [0.15, 0.2) is 28.8 Å². The lowest BCUT2D eigenvalue weighted by molar-refractivity contribution is 0.326. The van der Waals surface area contributed by atoms with Gasteiger partial charge in [0.1, 0.15) is 0 Å². The number of piperidine rings is 1. The number of hydrogen-bond acceptors (Lipinski definition) is 4. The minimum atomic E-state index is 0.746. The van der Waals surface area contributed by atoms with Crippen molar-refractivity contribution in [2.24, 2.45) is 5.92 Å². The van der Waals surface area contributed by atoms with Gasteiger partial charge in [0.25, 0.3) is 0 Å². The highest BCUT2D eigenvalue weighted by Crippen LogP contribution is 2.17. The Hall–Kier alpha value is -1.68. The van der Waals surface area contributed by atoms with Crippen LogP contribution in [-0.2, 0) is 12.8 Å². The lowest BCUT2D eigenvalue weighted by Crippen LogP contribution is -2.29. The van der Waals surface area contributed by atoms with Crippen LogP contribution in [0.2, 0.25) is 0 Å². The second-order valence-electron chi connectivity index (χ2n) is 6.02. The predicted octanol–water partition coefficient (Wildman–Crippen LogP) is 2.90. The first-order valence-corrected chi connectivity index (χ1v) is 7.87. The van der Waals surface area contributed by atoms with E-state index in [1.54, 1.807) is 0 Å². The minimum Gasteiger partial charge on any atom is -0.339 e. The fourth-order valence-corrected chi connectivity index (χ4v) is 2.97. The molecule has 2 heterocycles. The largest absolute Gasteiger partial charge is 0.339 e. The van der Waals surface area contributed by atoms with Gasteiger partial charge in [-0.2, -0.15) is 4.98 Å². The van der Waals surface area contributed by atoms with Gasteiger partial charge < -0.3 is 9.84 Å². The van der Waals surface area contributed by atoms with Crippen LogP contribution < -0.4 is 5.32 Å². The van der Waals surface area contributed by atoms with Gasteiger partial charge in [-0.15, -0.1) is 0 Å². The molecule has 4 heteroatoms. The van der Waals surface area contributed by atoms with Crippen molar-refractivity contribution in [2.45, 2.75) is 39.0 Å². The van der Waals surface area contributed by atoms with Gasteiger partial charge in [0, 0.05) is 12.8 Å². The zero-order valence-corrected chi connectivity index (χ0v) is 12.6. The van der Waals surface area contributed by atoms with E-state index < -0.39 is 0 Å². The van der Waals surface area contributed by atoms with Crippen LogP contribution in [0.25, 0.3) is 0 Å². The Kier molecular flexibility index (Phi) is 4.65. The molecular weight excluding hydrogens is 262 g/mol. The average Bonchev–Trinajstić information content (AvgIpc) is 2.94. The summed E-state index contributed by atoms with van der Waals surface area (Å²) in [6.07, 6.45) is 5.38. The third kappa shape index (κ3) is 4.14. The van der Waals surface area contributed by atoms with Crippen LogP contribution in [-0.4, -0.2) is 23.2 Å². The number of nitrogens with one attached hydrogen (secondary N) is 1. The lowest BCUT2D eigenvalue weighted by Gasteiger charge is -2.21. The van der Waals surface area contributed by atoms with Gasteiger partial charge in [-0.3, -0.25) is 0 Å². The van der Waals surface area contributed by atoms with E-state index in [0.717, 1.165) is 50.0 Å². The maximum atomic E-state index is 5.38. The van der Waals surface area contributed by atoms with E-state index in [4.69, 9.17) is 4.52 Å². The fourth-order valence-electron chi connectivity index (χ4n) is 2.97. The molecule has 2 aromatic rings. The van der Waals surface area contributed by atoms with Crippen molar-refractivity contribution in [1.29, 1.82) is 0 Å². The second-order valence-corrected chi connectivity index (χ2v) is 6.02. The molecule has 0 amide bonds. The molecule has 4 nitrogen and oxygen atoms in total. The molecule has 1 unspecified atom stereocenters. The molecule has 1 fully saturated rings. The van der Waals surface area contributed by atoms with Crippen molar-refractivity contribution in [3.8, 4) is 0 Å². The van der Waals surface area contributed by atoms with E-state index in [-0.39, 0.29) is 0 Å². The van der Waals surface area contributed by atoms with Crippen LogP contribution in [0.4, 0.5) is 0 Å². The Bertz CT molecular complexity index is 573. The summed E-state index contributed by atoms with van der Waals surface area (Å²) in [7, 11) is 0. The normalized spacial score (nSPS) is 18.8. The summed E-state index contributed by atoms with van der Waals surface area (Å²) in [5.41, 5.74) is 2.50. The molecule has 1 aromatic heterocycles. The molecule has 0 aliphatic carbocycles. The van der Waals surface area contributed by atoms with E-state index in [1.807, 2.05) is 0 Å². The van der Waals surface area contributed by atoms with Crippen molar-refractivity contribution in [2.75, 3.05) is 13.1 Å². The van der Waals surface area contributed by atoms with Crippen molar-refractivity contribution in [1.82, 2.24) is 15.5 Å². The quantitative estimate of drug-likeness (QED) is 0.917. The highest BCUT2D eigenvalue weighted by atomic mass is 16.5. The summed E-state index contributed by atoms with van der Waals surface area (Å²) in [5, 5.41) is 7.55. The predicted molar refractivity (Wildman–Crippen MR) is 82.2 cm³/mol. The van der Waals surface area contributed by atoms with Gasteiger partial charge >= 0.3 is 0 Å². The van der Waals surface area contributed by atoms with E-state index in [1.165, 1.54) is 24.0 Å². The fraction of sp³-hybridized carbons (Fsp3) is 0.529. The molecule has 1 aliphatic rings. The molecule has 112 valence electrons. The summed E-state index contributed by atoms with van der Waals surface area (Å²) in [6, 6.07) is 8.45. The Morgan fingerprint density at radius 1 is 1.38 bits per heavy atom. The summed E-state index contributed by atoms with van der Waals surface area (Å²) < 4.78 is 5.38. The van der Waals surface area contributed by atoms with Crippen LogP contribution in [0.5, 0.6) is 0 Å². The molecule has 3 rings (SSSR count). The van der Waals surface area contributed by atoms with E-state index in [0.29, 0.717) is 0 Å². The Balaban J connectivity index is 1.53. The van der Waals surface area contributed by atoms with Crippen LogP contribution in [0.3, 0.4) is 0 Å². The lowest BCUT2D eigenvalue weighted by atomic mass is 9.95. The summed E-state index contributed by atoms with van der Waals surface area (Å²) in [6.45, 7) is 4.39. The summed E-state index contributed by atoms with van der Waals surface area (Å²) in [5.74, 6) is 2.33. The molecule has 0 spiro atoms. The molecular formula is C17H23N3O. The molecule has 1 aliphatic heterocycles. The smallest absolute Gasteiger partial charge is 0.226 e. The first kappa shape index (κ1) is 14.3. The van der Waals surface area contributed by atoms with Gasteiger partial charge in [-0.05, 0) is 50.8 Å². The third-order valence-corrected chi connectivity index (χ3v) is 4.12. The van der Waals surface area contributed by atoms with Crippen LogP contribution in [0, 0.1) is 12.8 Å². The zero-order valence-electron chi connectivity index (χ0n) is 12.6. The SMILES string of the molecule is Cc1cccc(Cc2noc(CCC3CCCNC3)n2)c1. The van der Waals surface area contributed by atoms with Crippen molar-refractivity contribution < 1.29 is 4.52 Å². The van der Waals surface area contributed by atoms with Crippen LogP contribution in [0.1, 0.15) is 42.1 Å². The molecule has 1 atom stereocenters.